The monoisotopic (exact) mass is 365 g/mol. The molecule has 2 aromatic rings. The van der Waals surface area contributed by atoms with Crippen molar-refractivity contribution in [1.29, 1.82) is 0 Å². The molecule has 138 valence electrons. The van der Waals surface area contributed by atoms with Gasteiger partial charge in [0.1, 0.15) is 5.75 Å². The minimum Gasteiger partial charge on any atom is -0.497 e. The quantitative estimate of drug-likeness (QED) is 0.577. The largest absolute Gasteiger partial charge is 0.497 e. The van der Waals surface area contributed by atoms with E-state index < -0.39 is 5.97 Å². The Morgan fingerprint density at radius 3 is 2.44 bits per heavy atom. The van der Waals surface area contributed by atoms with Crippen molar-refractivity contribution in [3.63, 3.8) is 0 Å². The van der Waals surface area contributed by atoms with E-state index in [4.69, 9.17) is 14.2 Å². The van der Waals surface area contributed by atoms with Gasteiger partial charge >= 0.3 is 11.9 Å². The predicted molar refractivity (Wildman–Crippen MR) is 101 cm³/mol. The van der Waals surface area contributed by atoms with Crippen LogP contribution in [0.2, 0.25) is 0 Å². The summed E-state index contributed by atoms with van der Waals surface area (Å²) in [5.74, 6) is 0.0639. The second kappa shape index (κ2) is 8.31. The molecule has 0 unspecified atom stereocenters. The molecule has 2 aromatic carbocycles. The third kappa shape index (κ3) is 4.41. The fourth-order valence-electron chi connectivity index (χ4n) is 2.42. The highest BCUT2D eigenvalue weighted by Crippen LogP contribution is 2.21. The Balaban J connectivity index is 1.76. The number of carbonyl (C=O) groups is 2. The molecule has 0 aromatic heterocycles. The Labute approximate surface area is 157 Å². The van der Waals surface area contributed by atoms with Gasteiger partial charge in [-0.2, -0.15) is 0 Å². The molecular formula is C21H19NO5. The molecule has 0 fully saturated rings. The molecule has 0 saturated carbocycles. The van der Waals surface area contributed by atoms with E-state index in [9.17, 15) is 9.59 Å². The van der Waals surface area contributed by atoms with E-state index in [0.29, 0.717) is 23.5 Å². The van der Waals surface area contributed by atoms with E-state index in [2.05, 4.69) is 4.99 Å². The van der Waals surface area contributed by atoms with Gasteiger partial charge in [0.05, 0.1) is 19.3 Å². The van der Waals surface area contributed by atoms with Crippen LogP contribution in [0.1, 0.15) is 34.8 Å². The molecule has 0 amide bonds. The fourth-order valence-corrected chi connectivity index (χ4v) is 2.42. The summed E-state index contributed by atoms with van der Waals surface area (Å²) in [6.45, 7) is 2.32. The van der Waals surface area contributed by atoms with E-state index in [-0.39, 0.29) is 17.6 Å². The molecule has 0 aliphatic carbocycles. The summed E-state index contributed by atoms with van der Waals surface area (Å²) in [6.07, 6.45) is 2.38. The second-order valence-electron chi connectivity index (χ2n) is 5.82. The first kappa shape index (κ1) is 18.4. The summed E-state index contributed by atoms with van der Waals surface area (Å²) in [6, 6.07) is 13.8. The van der Waals surface area contributed by atoms with Crippen molar-refractivity contribution >= 4 is 23.9 Å². The molecule has 0 radical (unpaired) electrons. The average molecular weight is 365 g/mol. The number of nitrogens with zero attached hydrogens (tertiary/aromatic N) is 1. The summed E-state index contributed by atoms with van der Waals surface area (Å²) < 4.78 is 15.4. The van der Waals surface area contributed by atoms with Crippen LogP contribution in [0.4, 0.5) is 0 Å². The normalized spacial score (nSPS) is 14.7. The van der Waals surface area contributed by atoms with Gasteiger partial charge in [-0.15, -0.1) is 0 Å². The van der Waals surface area contributed by atoms with Crippen molar-refractivity contribution in [2.24, 2.45) is 4.99 Å². The third-order valence-corrected chi connectivity index (χ3v) is 3.84. The molecule has 6 nitrogen and oxygen atoms in total. The average Bonchev–Trinajstić information content (AvgIpc) is 3.07. The van der Waals surface area contributed by atoms with Crippen LogP contribution in [0.3, 0.4) is 0 Å². The van der Waals surface area contributed by atoms with Crippen LogP contribution in [0.25, 0.3) is 6.08 Å². The van der Waals surface area contributed by atoms with Gasteiger partial charge in [0.25, 0.3) is 0 Å². The molecular weight excluding hydrogens is 346 g/mol. The van der Waals surface area contributed by atoms with E-state index >= 15 is 0 Å². The summed E-state index contributed by atoms with van der Waals surface area (Å²) >= 11 is 0. The van der Waals surface area contributed by atoms with Crippen LogP contribution in [0, 0.1) is 0 Å². The summed E-state index contributed by atoms with van der Waals surface area (Å²) in [5, 5.41) is 0. The van der Waals surface area contributed by atoms with E-state index in [0.717, 1.165) is 12.0 Å². The minimum absolute atomic E-state index is 0.196. The predicted octanol–water partition coefficient (Wildman–Crippen LogP) is 3.61. The first-order valence-electron chi connectivity index (χ1n) is 8.55. The van der Waals surface area contributed by atoms with Crippen LogP contribution < -0.4 is 4.74 Å². The molecule has 6 heteroatoms. The first-order chi connectivity index (χ1) is 13.1. The Morgan fingerprint density at radius 1 is 1.11 bits per heavy atom. The second-order valence-corrected chi connectivity index (χ2v) is 5.82. The topological polar surface area (TPSA) is 74.2 Å². The Bertz CT molecular complexity index is 895. The van der Waals surface area contributed by atoms with Gasteiger partial charge in [-0.05, 0) is 54.5 Å². The van der Waals surface area contributed by atoms with Crippen molar-refractivity contribution in [1.82, 2.24) is 0 Å². The molecule has 0 spiro atoms. The van der Waals surface area contributed by atoms with E-state index in [1.165, 1.54) is 0 Å². The number of aliphatic imine (C=N–C) groups is 1. The molecule has 1 aliphatic heterocycles. The SMILES string of the molecule is CCCOC(=O)c1ccc(/C=C2\N=C(c3ccc(OC)cc3)OC2=O)cc1. The van der Waals surface area contributed by atoms with Gasteiger partial charge in [-0.1, -0.05) is 19.1 Å². The smallest absolute Gasteiger partial charge is 0.363 e. The molecule has 0 atom stereocenters. The summed E-state index contributed by atoms with van der Waals surface area (Å²) in [5.41, 5.74) is 2.07. The standard InChI is InChI=1S/C21H19NO5/c1-3-12-26-20(23)16-6-4-14(5-7-16)13-18-21(24)27-19(22-18)15-8-10-17(25-2)11-9-15/h4-11,13H,3,12H2,1-2H3/b18-13-. The number of hydrogen-bond donors (Lipinski definition) is 0. The summed E-state index contributed by atoms with van der Waals surface area (Å²) in [4.78, 5) is 28.2. The third-order valence-electron chi connectivity index (χ3n) is 3.84. The number of rotatable bonds is 6. The van der Waals surface area contributed by atoms with Gasteiger partial charge < -0.3 is 14.2 Å². The number of methoxy groups -OCH3 is 1. The lowest BCUT2D eigenvalue weighted by atomic mass is 10.1. The lowest BCUT2D eigenvalue weighted by Crippen LogP contribution is -2.05. The number of carbonyl (C=O) groups excluding carboxylic acids is 2. The molecule has 27 heavy (non-hydrogen) atoms. The molecule has 0 saturated heterocycles. The van der Waals surface area contributed by atoms with E-state index in [1.807, 2.05) is 6.92 Å². The minimum atomic E-state index is -0.521. The van der Waals surface area contributed by atoms with Crippen LogP contribution in [-0.4, -0.2) is 31.6 Å². The van der Waals surface area contributed by atoms with Crippen molar-refractivity contribution in [2.75, 3.05) is 13.7 Å². The number of benzene rings is 2. The van der Waals surface area contributed by atoms with Crippen LogP contribution in [0.15, 0.2) is 59.2 Å². The Hall–Kier alpha value is -3.41. The van der Waals surface area contributed by atoms with Crippen molar-refractivity contribution in [3.8, 4) is 5.75 Å². The van der Waals surface area contributed by atoms with Crippen molar-refractivity contribution in [2.45, 2.75) is 13.3 Å². The van der Waals surface area contributed by atoms with Gasteiger partial charge in [0, 0.05) is 5.56 Å². The zero-order valence-corrected chi connectivity index (χ0v) is 15.1. The fraction of sp³-hybridized carbons (Fsp3) is 0.190. The maximum absolute atomic E-state index is 12.1. The highest BCUT2D eigenvalue weighted by atomic mass is 16.6. The highest BCUT2D eigenvalue weighted by Gasteiger charge is 2.24. The molecule has 1 aliphatic rings. The van der Waals surface area contributed by atoms with Crippen LogP contribution in [0.5, 0.6) is 5.75 Å². The Morgan fingerprint density at radius 2 is 1.81 bits per heavy atom. The van der Waals surface area contributed by atoms with Crippen LogP contribution >= 0.6 is 0 Å². The number of esters is 2. The lowest BCUT2D eigenvalue weighted by Gasteiger charge is -2.03. The lowest BCUT2D eigenvalue weighted by molar-refractivity contribution is -0.129. The van der Waals surface area contributed by atoms with Crippen molar-refractivity contribution < 1.29 is 23.8 Å². The number of ether oxygens (including phenoxy) is 3. The Kier molecular flexibility index (Phi) is 5.66. The molecule has 3 rings (SSSR count). The van der Waals surface area contributed by atoms with E-state index in [1.54, 1.807) is 61.7 Å². The summed E-state index contributed by atoms with van der Waals surface area (Å²) in [7, 11) is 1.58. The molecule has 0 N–H and O–H groups in total. The van der Waals surface area contributed by atoms with Gasteiger partial charge in [0.15, 0.2) is 5.70 Å². The molecule has 1 heterocycles. The van der Waals surface area contributed by atoms with Crippen LogP contribution in [-0.2, 0) is 14.3 Å². The maximum Gasteiger partial charge on any atom is 0.363 e. The number of hydrogen-bond acceptors (Lipinski definition) is 6. The van der Waals surface area contributed by atoms with Gasteiger partial charge in [0.2, 0.25) is 5.90 Å². The van der Waals surface area contributed by atoms with Gasteiger partial charge in [-0.25, -0.2) is 14.6 Å². The number of cyclic esters (lactones) is 1. The zero-order chi connectivity index (χ0) is 19.2. The molecule has 0 bridgehead atoms. The zero-order valence-electron chi connectivity index (χ0n) is 15.1. The van der Waals surface area contributed by atoms with Gasteiger partial charge in [-0.3, -0.25) is 0 Å². The highest BCUT2D eigenvalue weighted by molar-refractivity contribution is 6.12. The first-order valence-corrected chi connectivity index (χ1v) is 8.55. The maximum atomic E-state index is 12.1. The van der Waals surface area contributed by atoms with Crippen molar-refractivity contribution in [3.05, 3.63) is 70.9 Å².